The van der Waals surface area contributed by atoms with E-state index in [1.807, 2.05) is 0 Å². The van der Waals surface area contributed by atoms with Crippen LogP contribution in [0.2, 0.25) is 0 Å². The normalized spacial score (nSPS) is 11.8. The Balaban J connectivity index is 1.94. The summed E-state index contributed by atoms with van der Waals surface area (Å²) in [7, 11) is 2.48. The van der Waals surface area contributed by atoms with E-state index in [4.69, 9.17) is 14.3 Å². The molecule has 0 saturated carbocycles. The molecule has 0 aliphatic rings. The minimum absolute atomic E-state index is 0.107. The van der Waals surface area contributed by atoms with Crippen LogP contribution in [0.4, 0.5) is 0 Å². The molecule has 2 aromatic carbocycles. The summed E-state index contributed by atoms with van der Waals surface area (Å²) in [6.07, 6.45) is 0. The summed E-state index contributed by atoms with van der Waals surface area (Å²) in [6.45, 7) is 0.107. The maximum Gasteiger partial charge on any atom is 0.242 e. The van der Waals surface area contributed by atoms with Gasteiger partial charge >= 0.3 is 0 Å². The predicted octanol–water partition coefficient (Wildman–Crippen LogP) is 2.09. The van der Waals surface area contributed by atoms with Crippen LogP contribution < -0.4 is 14.3 Å². The molecule has 3 aromatic rings. The minimum atomic E-state index is -3.59. The zero-order chi connectivity index (χ0) is 20.5. The maximum atomic E-state index is 12.4. The SMILES string of the molecule is COc1cc(COn2nnc3ccc(S(=O)(=O)N(C)C)cc32)c(OC)cc1Br. The first kappa shape index (κ1) is 20.4. The molecule has 9 nitrogen and oxygen atoms in total. The summed E-state index contributed by atoms with van der Waals surface area (Å²) in [5.74, 6) is 1.23. The van der Waals surface area contributed by atoms with Crippen LogP contribution in [-0.2, 0) is 16.6 Å². The van der Waals surface area contributed by atoms with Gasteiger partial charge in [0.15, 0.2) is 0 Å². The zero-order valence-electron chi connectivity index (χ0n) is 15.7. The van der Waals surface area contributed by atoms with Crippen molar-refractivity contribution in [3.05, 3.63) is 40.4 Å². The highest BCUT2D eigenvalue weighted by Gasteiger charge is 2.19. The fourth-order valence-corrected chi connectivity index (χ4v) is 3.92. The molecule has 0 radical (unpaired) electrons. The first-order chi connectivity index (χ1) is 13.3. The summed E-state index contributed by atoms with van der Waals surface area (Å²) < 4.78 is 37.3. The van der Waals surface area contributed by atoms with Gasteiger partial charge in [-0.25, -0.2) is 12.7 Å². The molecule has 0 aliphatic carbocycles. The number of sulfonamides is 1. The fraction of sp³-hybridized carbons (Fsp3) is 0.294. The maximum absolute atomic E-state index is 12.4. The average Bonchev–Trinajstić information content (AvgIpc) is 3.08. The number of hydrogen-bond acceptors (Lipinski definition) is 7. The van der Waals surface area contributed by atoms with Crippen molar-refractivity contribution in [1.82, 2.24) is 19.5 Å². The molecule has 0 amide bonds. The average molecular weight is 471 g/mol. The molecule has 1 aromatic heterocycles. The van der Waals surface area contributed by atoms with Crippen molar-refractivity contribution in [2.75, 3.05) is 28.3 Å². The summed E-state index contributed by atoms with van der Waals surface area (Å²) >= 11 is 3.41. The molecule has 0 unspecified atom stereocenters. The molecule has 0 saturated heterocycles. The molecule has 0 fully saturated rings. The Morgan fingerprint density at radius 3 is 2.46 bits per heavy atom. The second-order valence-corrected chi connectivity index (χ2v) is 8.98. The lowest BCUT2D eigenvalue weighted by Gasteiger charge is -2.13. The monoisotopic (exact) mass is 470 g/mol. The van der Waals surface area contributed by atoms with Gasteiger partial charge in [0, 0.05) is 19.7 Å². The number of aromatic nitrogens is 3. The predicted molar refractivity (Wildman–Crippen MR) is 106 cm³/mol. The van der Waals surface area contributed by atoms with Crippen LogP contribution >= 0.6 is 15.9 Å². The molecule has 0 bridgehead atoms. The van der Waals surface area contributed by atoms with E-state index in [1.54, 1.807) is 32.4 Å². The van der Waals surface area contributed by atoms with Gasteiger partial charge in [0.1, 0.15) is 29.1 Å². The van der Waals surface area contributed by atoms with E-state index >= 15 is 0 Å². The molecule has 0 aliphatic heterocycles. The third-order valence-electron chi connectivity index (χ3n) is 4.06. The van der Waals surface area contributed by atoms with Crippen LogP contribution in [0.1, 0.15) is 5.56 Å². The molecule has 28 heavy (non-hydrogen) atoms. The van der Waals surface area contributed by atoms with Gasteiger partial charge < -0.3 is 14.3 Å². The largest absolute Gasteiger partial charge is 0.496 e. The van der Waals surface area contributed by atoms with Crippen molar-refractivity contribution >= 4 is 37.0 Å². The molecule has 0 spiro atoms. The molecule has 1 heterocycles. The van der Waals surface area contributed by atoms with Gasteiger partial charge in [-0.1, -0.05) is 4.85 Å². The highest BCUT2D eigenvalue weighted by Crippen LogP contribution is 2.33. The topological polar surface area (TPSA) is 95.8 Å². The molecule has 0 atom stereocenters. The molecular weight excluding hydrogens is 452 g/mol. The van der Waals surface area contributed by atoms with Gasteiger partial charge in [-0.3, -0.25) is 0 Å². The molecular formula is C17H19BrN4O5S. The lowest BCUT2D eigenvalue weighted by molar-refractivity contribution is 0.0737. The van der Waals surface area contributed by atoms with Crippen LogP contribution in [0.3, 0.4) is 0 Å². The Morgan fingerprint density at radius 2 is 1.82 bits per heavy atom. The van der Waals surface area contributed by atoms with E-state index in [0.29, 0.717) is 22.5 Å². The van der Waals surface area contributed by atoms with Crippen LogP contribution in [0, 0.1) is 0 Å². The number of halogens is 1. The molecule has 0 N–H and O–H groups in total. The van der Waals surface area contributed by atoms with Gasteiger partial charge in [-0.15, -0.1) is 5.10 Å². The number of benzene rings is 2. The number of ether oxygens (including phenoxy) is 2. The first-order valence-corrected chi connectivity index (χ1v) is 10.3. The van der Waals surface area contributed by atoms with E-state index in [9.17, 15) is 8.42 Å². The highest BCUT2D eigenvalue weighted by molar-refractivity contribution is 9.10. The lowest BCUT2D eigenvalue weighted by atomic mass is 10.2. The Hall–Kier alpha value is -2.37. The summed E-state index contributed by atoms with van der Waals surface area (Å²) in [6, 6.07) is 8.11. The minimum Gasteiger partial charge on any atom is -0.496 e. The van der Waals surface area contributed by atoms with Gasteiger partial charge in [-0.2, -0.15) is 0 Å². The number of nitrogens with zero attached hydrogens (tertiary/aromatic N) is 4. The van der Waals surface area contributed by atoms with Crippen molar-refractivity contribution in [2.45, 2.75) is 11.5 Å². The van der Waals surface area contributed by atoms with E-state index < -0.39 is 10.0 Å². The van der Waals surface area contributed by atoms with E-state index in [2.05, 4.69) is 26.2 Å². The van der Waals surface area contributed by atoms with Crippen molar-refractivity contribution < 1.29 is 22.7 Å². The van der Waals surface area contributed by atoms with Crippen molar-refractivity contribution in [3.8, 4) is 11.5 Å². The van der Waals surface area contributed by atoms with Crippen molar-refractivity contribution in [3.63, 3.8) is 0 Å². The van der Waals surface area contributed by atoms with Gasteiger partial charge in [0.2, 0.25) is 10.0 Å². The molecule has 11 heteroatoms. The Bertz CT molecular complexity index is 1110. The Morgan fingerprint density at radius 1 is 1.11 bits per heavy atom. The number of hydrogen-bond donors (Lipinski definition) is 0. The van der Waals surface area contributed by atoms with Crippen LogP contribution in [0.25, 0.3) is 11.0 Å². The Labute approximate surface area is 170 Å². The third-order valence-corrected chi connectivity index (χ3v) is 6.49. The number of rotatable bonds is 7. The van der Waals surface area contributed by atoms with Gasteiger partial charge in [0.05, 0.1) is 23.6 Å². The van der Waals surface area contributed by atoms with Crippen molar-refractivity contribution in [2.24, 2.45) is 0 Å². The third kappa shape index (κ3) is 3.77. The smallest absolute Gasteiger partial charge is 0.242 e. The Kier molecular flexibility index (Phi) is 5.77. The van der Waals surface area contributed by atoms with Gasteiger partial charge in [-0.05, 0) is 51.5 Å². The van der Waals surface area contributed by atoms with Gasteiger partial charge in [0.25, 0.3) is 0 Å². The zero-order valence-corrected chi connectivity index (χ0v) is 18.1. The van der Waals surface area contributed by atoms with Crippen LogP contribution in [-0.4, -0.2) is 56.2 Å². The quantitative estimate of drug-likeness (QED) is 0.521. The van der Waals surface area contributed by atoms with E-state index in [1.165, 1.54) is 31.1 Å². The highest BCUT2D eigenvalue weighted by atomic mass is 79.9. The molecule has 3 rings (SSSR count). The summed E-state index contributed by atoms with van der Waals surface area (Å²) in [5.41, 5.74) is 1.67. The second kappa shape index (κ2) is 7.94. The second-order valence-electron chi connectivity index (χ2n) is 5.97. The van der Waals surface area contributed by atoms with E-state index in [-0.39, 0.29) is 11.5 Å². The van der Waals surface area contributed by atoms with Crippen LogP contribution in [0.15, 0.2) is 39.7 Å². The fourth-order valence-electron chi connectivity index (χ4n) is 2.51. The first-order valence-electron chi connectivity index (χ1n) is 8.09. The number of fused-ring (bicyclic) bond motifs is 1. The summed E-state index contributed by atoms with van der Waals surface area (Å²) in [5, 5.41) is 7.95. The number of methoxy groups -OCH3 is 2. The molecule has 150 valence electrons. The lowest BCUT2D eigenvalue weighted by Crippen LogP contribution is -2.22. The van der Waals surface area contributed by atoms with Crippen molar-refractivity contribution in [1.29, 1.82) is 0 Å². The summed E-state index contributed by atoms with van der Waals surface area (Å²) in [4.78, 5) is 7.06. The van der Waals surface area contributed by atoms with Crippen LogP contribution in [0.5, 0.6) is 11.5 Å². The van der Waals surface area contributed by atoms with E-state index in [0.717, 1.165) is 14.3 Å². The standard InChI is InChI=1S/C17H19BrN4O5S/c1-21(2)28(23,24)12-5-6-14-15(8-12)22(20-19-14)27-10-11-7-17(26-4)13(18)9-16(11)25-3/h5-9H,10H2,1-4H3.